The van der Waals surface area contributed by atoms with Gasteiger partial charge in [-0.2, -0.15) is 5.10 Å². The fourth-order valence-electron chi connectivity index (χ4n) is 1.53. The Morgan fingerprint density at radius 3 is 2.90 bits per heavy atom. The lowest BCUT2D eigenvalue weighted by atomic mass is 10.2. The molecule has 0 saturated heterocycles. The molecule has 1 aromatic heterocycles. The van der Waals surface area contributed by atoms with E-state index in [0.717, 1.165) is 5.56 Å². The SMILES string of the molecule is C/C(=N/NC(=O)c1cc(Cl)ccc1O)c1cccnc1. The van der Waals surface area contributed by atoms with E-state index in [0.29, 0.717) is 10.7 Å². The minimum Gasteiger partial charge on any atom is -0.507 e. The van der Waals surface area contributed by atoms with Gasteiger partial charge in [-0.1, -0.05) is 17.7 Å². The molecule has 0 aliphatic carbocycles. The molecule has 20 heavy (non-hydrogen) atoms. The molecule has 0 spiro atoms. The highest BCUT2D eigenvalue weighted by Crippen LogP contribution is 2.21. The third-order valence-corrected chi connectivity index (χ3v) is 2.84. The maximum atomic E-state index is 11.9. The zero-order valence-electron chi connectivity index (χ0n) is 10.7. The Morgan fingerprint density at radius 1 is 1.40 bits per heavy atom. The first-order valence-corrected chi connectivity index (χ1v) is 6.19. The Labute approximate surface area is 120 Å². The van der Waals surface area contributed by atoms with E-state index in [2.05, 4.69) is 15.5 Å². The summed E-state index contributed by atoms with van der Waals surface area (Å²) in [6.07, 6.45) is 3.29. The van der Waals surface area contributed by atoms with Gasteiger partial charge in [0, 0.05) is 23.0 Å². The summed E-state index contributed by atoms with van der Waals surface area (Å²) in [5.41, 5.74) is 3.84. The molecule has 5 nitrogen and oxygen atoms in total. The van der Waals surface area contributed by atoms with E-state index < -0.39 is 5.91 Å². The molecule has 2 rings (SSSR count). The first-order valence-electron chi connectivity index (χ1n) is 5.81. The summed E-state index contributed by atoms with van der Waals surface area (Å²) >= 11 is 5.78. The number of nitrogens with one attached hydrogen (secondary N) is 1. The second-order valence-electron chi connectivity index (χ2n) is 4.04. The zero-order chi connectivity index (χ0) is 14.5. The number of hydrogen-bond donors (Lipinski definition) is 2. The molecular formula is C14H12ClN3O2. The third-order valence-electron chi connectivity index (χ3n) is 2.61. The first-order chi connectivity index (χ1) is 9.58. The predicted octanol–water partition coefficient (Wildman–Crippen LogP) is 2.59. The molecule has 102 valence electrons. The number of phenolic OH excluding ortho intramolecular Hbond substituents is 1. The van der Waals surface area contributed by atoms with E-state index in [1.165, 1.54) is 18.2 Å². The number of amides is 1. The van der Waals surface area contributed by atoms with Gasteiger partial charge in [0.2, 0.25) is 0 Å². The normalized spacial score (nSPS) is 11.2. The fraction of sp³-hybridized carbons (Fsp3) is 0.0714. The summed E-state index contributed by atoms with van der Waals surface area (Å²) in [6.45, 7) is 1.75. The van der Waals surface area contributed by atoms with Crippen LogP contribution in [0.3, 0.4) is 0 Å². The van der Waals surface area contributed by atoms with Crippen LogP contribution in [0.25, 0.3) is 0 Å². The second-order valence-corrected chi connectivity index (χ2v) is 4.48. The average Bonchev–Trinajstić information content (AvgIpc) is 2.47. The molecule has 0 atom stereocenters. The number of hydrogen-bond acceptors (Lipinski definition) is 4. The lowest BCUT2D eigenvalue weighted by molar-refractivity contribution is 0.0952. The number of phenols is 1. The summed E-state index contributed by atoms with van der Waals surface area (Å²) in [5, 5.41) is 13.9. The number of nitrogens with zero attached hydrogens (tertiary/aromatic N) is 2. The number of carbonyl (C=O) groups excluding carboxylic acids is 1. The topological polar surface area (TPSA) is 74.6 Å². The van der Waals surface area contributed by atoms with Crippen LogP contribution in [0.1, 0.15) is 22.8 Å². The summed E-state index contributed by atoms with van der Waals surface area (Å²) in [5.74, 6) is -0.686. The van der Waals surface area contributed by atoms with Gasteiger partial charge in [-0.3, -0.25) is 9.78 Å². The lowest BCUT2D eigenvalue weighted by Gasteiger charge is -2.05. The summed E-state index contributed by atoms with van der Waals surface area (Å²) in [7, 11) is 0. The number of rotatable bonds is 3. The third kappa shape index (κ3) is 3.33. The number of aromatic nitrogens is 1. The van der Waals surface area contributed by atoms with Gasteiger partial charge < -0.3 is 5.11 Å². The van der Waals surface area contributed by atoms with Crippen molar-refractivity contribution in [3.05, 3.63) is 58.9 Å². The molecule has 1 amide bonds. The molecule has 0 aliphatic rings. The standard InChI is InChI=1S/C14H12ClN3O2/c1-9(10-3-2-6-16-8-10)17-18-14(20)12-7-11(15)4-5-13(12)19/h2-8,19H,1H3,(H,18,20)/b17-9-. The van der Waals surface area contributed by atoms with E-state index in [1.807, 2.05) is 6.07 Å². The van der Waals surface area contributed by atoms with Crippen LogP contribution in [0.15, 0.2) is 47.8 Å². The van der Waals surface area contributed by atoms with Gasteiger partial charge >= 0.3 is 0 Å². The zero-order valence-corrected chi connectivity index (χ0v) is 11.4. The lowest BCUT2D eigenvalue weighted by Crippen LogP contribution is -2.19. The summed E-state index contributed by atoms with van der Waals surface area (Å²) < 4.78 is 0. The maximum Gasteiger partial charge on any atom is 0.275 e. The molecule has 2 N–H and O–H groups in total. The van der Waals surface area contributed by atoms with Crippen molar-refractivity contribution in [1.82, 2.24) is 10.4 Å². The Bertz CT molecular complexity index is 657. The molecule has 0 saturated carbocycles. The fourth-order valence-corrected chi connectivity index (χ4v) is 1.70. The highest BCUT2D eigenvalue weighted by Gasteiger charge is 2.11. The maximum absolute atomic E-state index is 11.9. The van der Waals surface area contributed by atoms with E-state index in [9.17, 15) is 9.90 Å². The van der Waals surface area contributed by atoms with E-state index in [4.69, 9.17) is 11.6 Å². The van der Waals surface area contributed by atoms with Gasteiger partial charge in [-0.05, 0) is 31.2 Å². The van der Waals surface area contributed by atoms with Crippen molar-refractivity contribution in [2.24, 2.45) is 5.10 Å². The van der Waals surface area contributed by atoms with Gasteiger partial charge in [0.25, 0.3) is 5.91 Å². The smallest absolute Gasteiger partial charge is 0.275 e. The van der Waals surface area contributed by atoms with Crippen molar-refractivity contribution in [2.75, 3.05) is 0 Å². The van der Waals surface area contributed by atoms with Gasteiger partial charge in [-0.15, -0.1) is 0 Å². The van der Waals surface area contributed by atoms with E-state index in [-0.39, 0.29) is 11.3 Å². The monoisotopic (exact) mass is 289 g/mol. The largest absolute Gasteiger partial charge is 0.507 e. The number of halogens is 1. The van der Waals surface area contributed by atoms with Crippen molar-refractivity contribution in [2.45, 2.75) is 6.92 Å². The molecule has 0 aliphatic heterocycles. The summed E-state index contributed by atoms with van der Waals surface area (Å²) in [6, 6.07) is 7.84. The first kappa shape index (κ1) is 14.0. The van der Waals surface area contributed by atoms with Gasteiger partial charge in [0.1, 0.15) is 5.75 Å². The molecule has 1 heterocycles. The highest BCUT2D eigenvalue weighted by atomic mass is 35.5. The molecule has 0 unspecified atom stereocenters. The minimum absolute atomic E-state index is 0.0697. The van der Waals surface area contributed by atoms with Crippen LogP contribution < -0.4 is 5.43 Å². The van der Waals surface area contributed by atoms with Crippen LogP contribution in [-0.2, 0) is 0 Å². The Hall–Kier alpha value is -2.40. The second kappa shape index (κ2) is 6.16. The van der Waals surface area contributed by atoms with Crippen LogP contribution >= 0.6 is 11.6 Å². The van der Waals surface area contributed by atoms with Crippen molar-refractivity contribution >= 4 is 23.2 Å². The van der Waals surface area contributed by atoms with Crippen molar-refractivity contribution in [3.63, 3.8) is 0 Å². The van der Waals surface area contributed by atoms with Crippen molar-refractivity contribution in [3.8, 4) is 5.75 Å². The molecule has 6 heteroatoms. The molecule has 1 aromatic carbocycles. The van der Waals surface area contributed by atoms with Crippen molar-refractivity contribution in [1.29, 1.82) is 0 Å². The number of carbonyl (C=O) groups is 1. The van der Waals surface area contributed by atoms with Crippen LogP contribution in [0.2, 0.25) is 5.02 Å². The molecule has 0 fully saturated rings. The Balaban J connectivity index is 2.14. The molecular weight excluding hydrogens is 278 g/mol. The number of aromatic hydroxyl groups is 1. The van der Waals surface area contributed by atoms with Crippen LogP contribution in [0, 0.1) is 0 Å². The van der Waals surface area contributed by atoms with Crippen LogP contribution in [0.4, 0.5) is 0 Å². The predicted molar refractivity (Wildman–Crippen MR) is 77.0 cm³/mol. The van der Waals surface area contributed by atoms with E-state index >= 15 is 0 Å². The highest BCUT2D eigenvalue weighted by molar-refractivity contribution is 6.31. The molecule has 0 radical (unpaired) electrons. The van der Waals surface area contributed by atoms with E-state index in [1.54, 1.807) is 25.4 Å². The van der Waals surface area contributed by atoms with Crippen LogP contribution in [-0.4, -0.2) is 21.7 Å². The number of pyridine rings is 1. The van der Waals surface area contributed by atoms with Crippen LogP contribution in [0.5, 0.6) is 5.75 Å². The average molecular weight is 290 g/mol. The van der Waals surface area contributed by atoms with Gasteiger partial charge in [-0.25, -0.2) is 5.43 Å². The molecule has 2 aromatic rings. The molecule has 0 bridgehead atoms. The Kier molecular flexibility index (Phi) is 4.32. The Morgan fingerprint density at radius 2 is 2.20 bits per heavy atom. The summed E-state index contributed by atoms with van der Waals surface area (Å²) in [4.78, 5) is 15.9. The van der Waals surface area contributed by atoms with Crippen molar-refractivity contribution < 1.29 is 9.90 Å². The van der Waals surface area contributed by atoms with Gasteiger partial charge in [0.05, 0.1) is 11.3 Å². The quantitative estimate of drug-likeness (QED) is 0.674. The number of benzene rings is 1. The minimum atomic E-state index is -0.534. The van der Waals surface area contributed by atoms with Gasteiger partial charge in [0.15, 0.2) is 0 Å². The number of hydrazone groups is 1.